The summed E-state index contributed by atoms with van der Waals surface area (Å²) in [5.74, 6) is 0.0660. The molecule has 1 saturated heterocycles. The van der Waals surface area contributed by atoms with E-state index in [0.29, 0.717) is 12.8 Å². The molecule has 7 heteroatoms. The summed E-state index contributed by atoms with van der Waals surface area (Å²) in [4.78, 5) is 3.89. The van der Waals surface area contributed by atoms with Gasteiger partial charge in [0.05, 0.1) is 12.2 Å². The Kier molecular flexibility index (Phi) is 4.07. The van der Waals surface area contributed by atoms with Gasteiger partial charge in [-0.1, -0.05) is 0 Å². The maximum absolute atomic E-state index is 11.5. The molecule has 2 N–H and O–H groups in total. The number of pyridine rings is 1. The third kappa shape index (κ3) is 3.65. The first-order chi connectivity index (χ1) is 8.86. The van der Waals surface area contributed by atoms with Crippen molar-refractivity contribution in [2.24, 2.45) is 5.14 Å². The Labute approximate surface area is 113 Å². The van der Waals surface area contributed by atoms with Crippen molar-refractivity contribution < 1.29 is 17.9 Å². The molecule has 106 valence electrons. The van der Waals surface area contributed by atoms with Gasteiger partial charge in [0, 0.05) is 19.0 Å². The fourth-order valence-electron chi connectivity index (χ4n) is 2.28. The molecule has 2 unspecified atom stereocenters. The van der Waals surface area contributed by atoms with Crippen molar-refractivity contribution in [1.82, 2.24) is 4.98 Å². The van der Waals surface area contributed by atoms with Gasteiger partial charge in [-0.15, -0.1) is 0 Å². The molecule has 0 spiro atoms. The van der Waals surface area contributed by atoms with E-state index in [-0.39, 0.29) is 29.1 Å². The highest BCUT2D eigenvalue weighted by molar-refractivity contribution is 7.89. The van der Waals surface area contributed by atoms with E-state index in [4.69, 9.17) is 14.6 Å². The van der Waals surface area contributed by atoms with Crippen molar-refractivity contribution >= 4 is 10.0 Å². The first-order valence-corrected chi connectivity index (χ1v) is 7.71. The second-order valence-corrected chi connectivity index (χ2v) is 6.35. The van der Waals surface area contributed by atoms with Crippen LogP contribution in [0.15, 0.2) is 23.2 Å². The Morgan fingerprint density at radius 3 is 2.58 bits per heavy atom. The Bertz CT molecular complexity index is 536. The lowest BCUT2D eigenvalue weighted by Crippen LogP contribution is -2.36. The fourth-order valence-corrected chi connectivity index (χ4v) is 2.89. The highest BCUT2D eigenvalue weighted by atomic mass is 32.2. The van der Waals surface area contributed by atoms with Crippen LogP contribution in [0, 0.1) is 0 Å². The first-order valence-electron chi connectivity index (χ1n) is 6.16. The largest absolute Gasteiger partial charge is 0.473 e. The monoisotopic (exact) mass is 286 g/mol. The van der Waals surface area contributed by atoms with Gasteiger partial charge in [-0.05, 0) is 26.0 Å². The van der Waals surface area contributed by atoms with Crippen LogP contribution in [-0.4, -0.2) is 31.7 Å². The SMILES string of the molecule is CC1CC(Oc2ncccc2S(N)(=O)=O)CC(C)O1. The average Bonchev–Trinajstić information content (AvgIpc) is 2.26. The van der Waals surface area contributed by atoms with Crippen LogP contribution in [0.4, 0.5) is 0 Å². The van der Waals surface area contributed by atoms with Gasteiger partial charge < -0.3 is 9.47 Å². The molecule has 19 heavy (non-hydrogen) atoms. The molecule has 1 aromatic heterocycles. The van der Waals surface area contributed by atoms with Crippen LogP contribution >= 0.6 is 0 Å². The van der Waals surface area contributed by atoms with E-state index in [2.05, 4.69) is 4.98 Å². The van der Waals surface area contributed by atoms with Gasteiger partial charge in [-0.25, -0.2) is 18.5 Å². The van der Waals surface area contributed by atoms with Crippen LogP contribution in [0.5, 0.6) is 5.88 Å². The van der Waals surface area contributed by atoms with Crippen LogP contribution in [0.2, 0.25) is 0 Å². The minimum Gasteiger partial charge on any atom is -0.473 e. The fraction of sp³-hybridized carbons (Fsp3) is 0.583. The predicted octanol–water partition coefficient (Wildman–Crippen LogP) is 1.06. The van der Waals surface area contributed by atoms with Crippen molar-refractivity contribution in [1.29, 1.82) is 0 Å². The second kappa shape index (κ2) is 5.44. The molecule has 1 aliphatic heterocycles. The first kappa shape index (κ1) is 14.2. The topological polar surface area (TPSA) is 91.5 Å². The van der Waals surface area contributed by atoms with Gasteiger partial charge in [0.2, 0.25) is 15.9 Å². The number of hydrogen-bond donors (Lipinski definition) is 1. The molecule has 1 aromatic rings. The van der Waals surface area contributed by atoms with E-state index in [1.165, 1.54) is 18.3 Å². The van der Waals surface area contributed by atoms with Gasteiger partial charge >= 0.3 is 0 Å². The lowest BCUT2D eigenvalue weighted by Gasteiger charge is -2.32. The minimum atomic E-state index is -3.83. The van der Waals surface area contributed by atoms with E-state index in [1.807, 2.05) is 13.8 Å². The Morgan fingerprint density at radius 2 is 2.00 bits per heavy atom. The average molecular weight is 286 g/mol. The normalized spacial score (nSPS) is 28.1. The lowest BCUT2D eigenvalue weighted by atomic mass is 10.0. The van der Waals surface area contributed by atoms with E-state index >= 15 is 0 Å². The summed E-state index contributed by atoms with van der Waals surface area (Å²) in [6.45, 7) is 3.93. The lowest BCUT2D eigenvalue weighted by molar-refractivity contribution is -0.0735. The molecule has 2 atom stereocenters. The second-order valence-electron chi connectivity index (χ2n) is 4.82. The van der Waals surface area contributed by atoms with Crippen molar-refractivity contribution in [3.63, 3.8) is 0 Å². The minimum absolute atomic E-state index is 0.0660. The highest BCUT2D eigenvalue weighted by Crippen LogP contribution is 2.26. The summed E-state index contributed by atoms with van der Waals surface area (Å²) in [5, 5.41) is 5.14. The number of sulfonamides is 1. The molecule has 1 aliphatic rings. The zero-order valence-electron chi connectivity index (χ0n) is 10.9. The molecule has 0 bridgehead atoms. The molecule has 0 radical (unpaired) electrons. The maximum atomic E-state index is 11.5. The Balaban J connectivity index is 2.20. The molecule has 0 aromatic carbocycles. The van der Waals surface area contributed by atoms with Crippen molar-refractivity contribution in [3.05, 3.63) is 18.3 Å². The van der Waals surface area contributed by atoms with Crippen LogP contribution in [0.1, 0.15) is 26.7 Å². The third-order valence-electron chi connectivity index (χ3n) is 2.98. The summed E-state index contributed by atoms with van der Waals surface area (Å²) in [6.07, 6.45) is 2.92. The van der Waals surface area contributed by atoms with Gasteiger partial charge in [0.15, 0.2) is 0 Å². The summed E-state index contributed by atoms with van der Waals surface area (Å²) < 4.78 is 34.2. The van der Waals surface area contributed by atoms with E-state index in [0.717, 1.165) is 0 Å². The molecule has 2 heterocycles. The maximum Gasteiger partial charge on any atom is 0.243 e. The molecule has 0 amide bonds. The predicted molar refractivity (Wildman–Crippen MR) is 69.3 cm³/mol. The van der Waals surface area contributed by atoms with Crippen LogP contribution in [0.25, 0.3) is 0 Å². The summed E-state index contributed by atoms with van der Waals surface area (Å²) in [5.41, 5.74) is 0. The molecule has 2 rings (SSSR count). The van der Waals surface area contributed by atoms with E-state index in [9.17, 15) is 8.42 Å². The van der Waals surface area contributed by atoms with Gasteiger partial charge in [0.1, 0.15) is 11.0 Å². The Hall–Kier alpha value is -1.18. The number of ether oxygens (including phenoxy) is 2. The van der Waals surface area contributed by atoms with Crippen LogP contribution in [0.3, 0.4) is 0 Å². The van der Waals surface area contributed by atoms with Gasteiger partial charge in [-0.2, -0.15) is 0 Å². The molecule has 1 fully saturated rings. The molecular formula is C12H18N2O4S. The van der Waals surface area contributed by atoms with E-state index < -0.39 is 10.0 Å². The molecule has 0 saturated carbocycles. The van der Waals surface area contributed by atoms with Gasteiger partial charge in [0.25, 0.3) is 0 Å². The van der Waals surface area contributed by atoms with E-state index in [1.54, 1.807) is 0 Å². The Morgan fingerprint density at radius 1 is 1.37 bits per heavy atom. The number of hydrogen-bond acceptors (Lipinski definition) is 5. The number of nitrogens with zero attached hydrogens (tertiary/aromatic N) is 1. The van der Waals surface area contributed by atoms with Crippen molar-refractivity contribution in [2.45, 2.75) is 49.9 Å². The van der Waals surface area contributed by atoms with Crippen LogP contribution in [-0.2, 0) is 14.8 Å². The smallest absolute Gasteiger partial charge is 0.243 e. The third-order valence-corrected chi connectivity index (χ3v) is 3.90. The quantitative estimate of drug-likeness (QED) is 0.897. The molecule has 0 aliphatic carbocycles. The number of primary sulfonamides is 1. The number of rotatable bonds is 3. The van der Waals surface area contributed by atoms with Crippen LogP contribution < -0.4 is 9.88 Å². The molecule has 6 nitrogen and oxygen atoms in total. The standard InChI is InChI=1S/C12H18N2O4S/c1-8-6-10(7-9(2)17-8)18-12-11(19(13,15)16)4-3-5-14-12/h3-5,8-10H,6-7H2,1-2H3,(H2,13,15,16). The summed E-state index contributed by atoms with van der Waals surface area (Å²) >= 11 is 0. The molecular weight excluding hydrogens is 268 g/mol. The van der Waals surface area contributed by atoms with Gasteiger partial charge in [-0.3, -0.25) is 0 Å². The van der Waals surface area contributed by atoms with Crippen molar-refractivity contribution in [3.8, 4) is 5.88 Å². The summed E-state index contributed by atoms with van der Waals surface area (Å²) in [7, 11) is -3.83. The zero-order valence-corrected chi connectivity index (χ0v) is 11.8. The summed E-state index contributed by atoms with van der Waals surface area (Å²) in [6, 6.07) is 2.91. The van der Waals surface area contributed by atoms with Crippen molar-refractivity contribution in [2.75, 3.05) is 0 Å². The number of aromatic nitrogens is 1. The highest BCUT2D eigenvalue weighted by Gasteiger charge is 2.27. The zero-order chi connectivity index (χ0) is 14.0. The number of nitrogens with two attached hydrogens (primary N) is 1.